The highest BCUT2D eigenvalue weighted by Gasteiger charge is 2.14. The second-order valence-electron chi connectivity index (χ2n) is 6.46. The summed E-state index contributed by atoms with van der Waals surface area (Å²) in [7, 11) is 3.15. The maximum atomic E-state index is 12.6. The van der Waals surface area contributed by atoms with Crippen molar-refractivity contribution in [3.8, 4) is 34.3 Å². The molecule has 1 aromatic heterocycles. The molecule has 8 heteroatoms. The van der Waals surface area contributed by atoms with Crippen LogP contribution in [-0.2, 0) is 6.54 Å². The quantitative estimate of drug-likeness (QED) is 0.522. The maximum absolute atomic E-state index is 12.6. The van der Waals surface area contributed by atoms with Crippen LogP contribution >= 0.6 is 0 Å². The predicted octanol–water partition coefficient (Wildman–Crippen LogP) is 4.09. The number of aromatic nitrogens is 1. The number of methoxy groups -OCH3 is 2. The van der Waals surface area contributed by atoms with Crippen molar-refractivity contribution in [1.82, 2.24) is 10.5 Å². The fourth-order valence-electron chi connectivity index (χ4n) is 2.99. The molecule has 0 radical (unpaired) electrons. The number of carbonyl (C=O) groups is 1. The number of hydrogen-bond acceptors (Lipinski definition) is 7. The van der Waals surface area contributed by atoms with Crippen molar-refractivity contribution in [3.05, 3.63) is 53.7 Å². The van der Waals surface area contributed by atoms with Gasteiger partial charge in [0.1, 0.15) is 5.69 Å². The number of amides is 1. The Morgan fingerprint density at radius 3 is 2.32 bits per heavy atom. The zero-order chi connectivity index (χ0) is 22.2. The Bertz CT molecular complexity index is 1030. The summed E-state index contributed by atoms with van der Waals surface area (Å²) in [5.41, 5.74) is 1.85. The van der Waals surface area contributed by atoms with Gasteiger partial charge in [0, 0.05) is 17.2 Å². The Hall–Kier alpha value is -3.68. The Labute approximate surface area is 181 Å². The summed E-state index contributed by atoms with van der Waals surface area (Å²) in [6, 6.07) is 12.3. The molecule has 31 heavy (non-hydrogen) atoms. The second-order valence-corrected chi connectivity index (χ2v) is 6.46. The summed E-state index contributed by atoms with van der Waals surface area (Å²) in [4.78, 5) is 12.6. The molecule has 2 aromatic carbocycles. The normalized spacial score (nSPS) is 10.5. The van der Waals surface area contributed by atoms with Crippen LogP contribution in [0.15, 0.2) is 47.0 Å². The van der Waals surface area contributed by atoms with Crippen LogP contribution in [0.1, 0.15) is 29.9 Å². The Kier molecular flexibility index (Phi) is 7.37. The van der Waals surface area contributed by atoms with Gasteiger partial charge in [-0.1, -0.05) is 5.16 Å². The first-order chi connectivity index (χ1) is 15.1. The number of rotatable bonds is 10. The van der Waals surface area contributed by atoms with E-state index in [1.54, 1.807) is 50.6 Å². The highest BCUT2D eigenvalue weighted by Crippen LogP contribution is 2.32. The topological polar surface area (TPSA) is 92.1 Å². The van der Waals surface area contributed by atoms with E-state index in [9.17, 15) is 4.79 Å². The lowest BCUT2D eigenvalue weighted by atomic mass is 10.1. The van der Waals surface area contributed by atoms with Crippen molar-refractivity contribution in [2.24, 2.45) is 0 Å². The van der Waals surface area contributed by atoms with E-state index in [2.05, 4.69) is 10.5 Å². The molecule has 0 saturated carbocycles. The largest absolute Gasteiger partial charge is 0.493 e. The van der Waals surface area contributed by atoms with E-state index in [1.165, 1.54) is 0 Å². The third-order valence-corrected chi connectivity index (χ3v) is 4.46. The van der Waals surface area contributed by atoms with E-state index >= 15 is 0 Å². The highest BCUT2D eigenvalue weighted by molar-refractivity contribution is 5.94. The molecule has 1 N–H and O–H groups in total. The molecule has 0 aliphatic carbocycles. The van der Waals surface area contributed by atoms with E-state index in [0.29, 0.717) is 53.2 Å². The zero-order valence-corrected chi connectivity index (χ0v) is 18.1. The van der Waals surface area contributed by atoms with Gasteiger partial charge in [0.25, 0.3) is 5.91 Å². The van der Waals surface area contributed by atoms with Crippen LogP contribution in [0.5, 0.6) is 23.0 Å². The Morgan fingerprint density at radius 1 is 0.903 bits per heavy atom. The van der Waals surface area contributed by atoms with Gasteiger partial charge in [0.05, 0.1) is 34.0 Å². The Morgan fingerprint density at radius 2 is 1.61 bits per heavy atom. The van der Waals surface area contributed by atoms with Gasteiger partial charge in [-0.05, 0) is 50.2 Å². The van der Waals surface area contributed by atoms with Gasteiger partial charge >= 0.3 is 0 Å². The van der Waals surface area contributed by atoms with E-state index in [1.807, 2.05) is 19.9 Å². The third-order valence-electron chi connectivity index (χ3n) is 4.46. The van der Waals surface area contributed by atoms with Crippen LogP contribution in [0.3, 0.4) is 0 Å². The van der Waals surface area contributed by atoms with Gasteiger partial charge in [0.15, 0.2) is 28.8 Å². The standard InChI is InChI=1S/C23H26N2O6/c1-5-29-19-10-8-16(12-22(19)30-6-2)23(26)24-14-17-13-20(31-25-17)15-7-9-18(27-3)21(11-15)28-4/h7-13H,5-6,14H2,1-4H3,(H,24,26). The Balaban J connectivity index is 1.68. The third kappa shape index (κ3) is 5.28. The highest BCUT2D eigenvalue weighted by atomic mass is 16.5. The average molecular weight is 426 g/mol. The number of hydrogen-bond donors (Lipinski definition) is 1. The molecule has 0 unspecified atom stereocenters. The van der Waals surface area contributed by atoms with Gasteiger partial charge in [-0.25, -0.2) is 0 Å². The smallest absolute Gasteiger partial charge is 0.251 e. The van der Waals surface area contributed by atoms with Crippen LogP contribution in [-0.4, -0.2) is 38.5 Å². The molecule has 0 atom stereocenters. The van der Waals surface area contributed by atoms with Crippen LogP contribution in [0.4, 0.5) is 0 Å². The molecule has 0 aliphatic heterocycles. The van der Waals surface area contributed by atoms with Gasteiger partial charge in [0.2, 0.25) is 0 Å². The number of benzene rings is 2. The van der Waals surface area contributed by atoms with Crippen molar-refractivity contribution in [3.63, 3.8) is 0 Å². The summed E-state index contributed by atoms with van der Waals surface area (Å²) in [5.74, 6) is 2.67. The molecule has 164 valence electrons. The van der Waals surface area contributed by atoms with E-state index in [-0.39, 0.29) is 12.5 Å². The zero-order valence-electron chi connectivity index (χ0n) is 18.1. The molecule has 0 fully saturated rings. The summed E-state index contributed by atoms with van der Waals surface area (Å²) in [6.45, 7) is 4.98. The summed E-state index contributed by atoms with van der Waals surface area (Å²) in [5, 5.41) is 6.87. The minimum Gasteiger partial charge on any atom is -0.493 e. The van der Waals surface area contributed by atoms with E-state index in [0.717, 1.165) is 5.56 Å². The maximum Gasteiger partial charge on any atom is 0.251 e. The van der Waals surface area contributed by atoms with Gasteiger partial charge in [-0.15, -0.1) is 0 Å². The van der Waals surface area contributed by atoms with E-state index in [4.69, 9.17) is 23.5 Å². The minimum atomic E-state index is -0.250. The fourth-order valence-corrected chi connectivity index (χ4v) is 2.99. The summed E-state index contributed by atoms with van der Waals surface area (Å²) < 4.78 is 27.1. The number of nitrogens with zero attached hydrogens (tertiary/aromatic N) is 1. The van der Waals surface area contributed by atoms with Gasteiger partial charge in [-0.2, -0.15) is 0 Å². The molecular weight excluding hydrogens is 400 g/mol. The monoisotopic (exact) mass is 426 g/mol. The van der Waals surface area contributed by atoms with E-state index < -0.39 is 0 Å². The van der Waals surface area contributed by atoms with Crippen molar-refractivity contribution in [1.29, 1.82) is 0 Å². The number of carbonyl (C=O) groups excluding carboxylic acids is 1. The first-order valence-electron chi connectivity index (χ1n) is 9.95. The van der Waals surface area contributed by atoms with Gasteiger partial charge in [-0.3, -0.25) is 4.79 Å². The van der Waals surface area contributed by atoms with Gasteiger partial charge < -0.3 is 28.8 Å². The molecule has 0 bridgehead atoms. The lowest BCUT2D eigenvalue weighted by Gasteiger charge is -2.12. The average Bonchev–Trinajstić information content (AvgIpc) is 3.27. The fraction of sp³-hybridized carbons (Fsp3) is 0.304. The van der Waals surface area contributed by atoms with Crippen molar-refractivity contribution >= 4 is 5.91 Å². The molecule has 1 heterocycles. The van der Waals surface area contributed by atoms with Crippen molar-refractivity contribution < 1.29 is 28.3 Å². The molecular formula is C23H26N2O6. The SMILES string of the molecule is CCOc1ccc(C(=O)NCc2cc(-c3ccc(OC)c(OC)c3)on2)cc1OCC. The molecule has 0 saturated heterocycles. The number of ether oxygens (including phenoxy) is 4. The first-order valence-corrected chi connectivity index (χ1v) is 9.95. The lowest BCUT2D eigenvalue weighted by molar-refractivity contribution is 0.0949. The van der Waals surface area contributed by atoms with Crippen molar-refractivity contribution in [2.45, 2.75) is 20.4 Å². The van der Waals surface area contributed by atoms with Crippen molar-refractivity contribution in [2.75, 3.05) is 27.4 Å². The van der Waals surface area contributed by atoms with Crippen LogP contribution in [0.2, 0.25) is 0 Å². The molecule has 0 aliphatic rings. The molecule has 1 amide bonds. The number of nitrogens with one attached hydrogen (secondary N) is 1. The summed E-state index contributed by atoms with van der Waals surface area (Å²) >= 11 is 0. The van der Waals surface area contributed by atoms with Crippen LogP contribution < -0.4 is 24.3 Å². The minimum absolute atomic E-state index is 0.215. The molecule has 0 spiro atoms. The first kappa shape index (κ1) is 22.0. The molecule has 3 aromatic rings. The van der Waals surface area contributed by atoms with Crippen LogP contribution in [0.25, 0.3) is 11.3 Å². The summed E-state index contributed by atoms with van der Waals surface area (Å²) in [6.07, 6.45) is 0. The molecule has 3 rings (SSSR count). The lowest BCUT2D eigenvalue weighted by Crippen LogP contribution is -2.23. The predicted molar refractivity (Wildman–Crippen MR) is 115 cm³/mol. The second kappa shape index (κ2) is 10.4. The van der Waals surface area contributed by atoms with Crippen LogP contribution in [0, 0.1) is 0 Å². The molecule has 8 nitrogen and oxygen atoms in total.